The third-order valence-corrected chi connectivity index (χ3v) is 5.33. The fraction of sp³-hybridized carbons (Fsp3) is 0.167. The van der Waals surface area contributed by atoms with Crippen molar-refractivity contribution in [2.45, 2.75) is 23.1 Å². The van der Waals surface area contributed by atoms with Crippen LogP contribution in [0.4, 0.5) is 5.69 Å². The first-order valence-corrected chi connectivity index (χ1v) is 9.04. The number of hydrogen-bond donors (Lipinski definition) is 3. The molecule has 1 heterocycles. The van der Waals surface area contributed by atoms with Gasteiger partial charge in [-0.1, -0.05) is 23.7 Å². The minimum atomic E-state index is -0.998. The molecular formula is C18H15ClN2O4S. The van der Waals surface area contributed by atoms with E-state index in [0.29, 0.717) is 10.7 Å². The number of hydrogen-bond acceptors (Lipinski definition) is 4. The average molecular weight is 391 g/mol. The maximum absolute atomic E-state index is 12.2. The highest BCUT2D eigenvalue weighted by Crippen LogP contribution is 2.38. The molecule has 0 saturated carbocycles. The summed E-state index contributed by atoms with van der Waals surface area (Å²) in [5.74, 6) is -1.48. The Morgan fingerprint density at radius 2 is 1.92 bits per heavy atom. The smallest absolute Gasteiger partial charge is 0.335 e. The lowest BCUT2D eigenvalue weighted by molar-refractivity contribution is -0.124. The molecule has 0 bridgehead atoms. The quantitative estimate of drug-likeness (QED) is 0.728. The van der Waals surface area contributed by atoms with Crippen molar-refractivity contribution in [3.8, 4) is 0 Å². The highest BCUT2D eigenvalue weighted by molar-refractivity contribution is 8.01. The summed E-state index contributed by atoms with van der Waals surface area (Å²) in [6.07, 6.45) is 0.0474. The molecule has 1 aliphatic rings. The molecule has 6 nitrogen and oxygen atoms in total. The van der Waals surface area contributed by atoms with Gasteiger partial charge < -0.3 is 15.7 Å². The van der Waals surface area contributed by atoms with Gasteiger partial charge in [-0.2, -0.15) is 0 Å². The Morgan fingerprint density at radius 3 is 2.62 bits per heavy atom. The van der Waals surface area contributed by atoms with Crippen molar-refractivity contribution in [3.05, 3.63) is 58.6 Å². The zero-order valence-electron chi connectivity index (χ0n) is 13.5. The van der Waals surface area contributed by atoms with E-state index in [0.717, 1.165) is 10.5 Å². The summed E-state index contributed by atoms with van der Waals surface area (Å²) in [7, 11) is 0. The second-order valence-electron chi connectivity index (χ2n) is 5.72. The number of rotatable bonds is 5. The van der Waals surface area contributed by atoms with Gasteiger partial charge in [0.1, 0.15) is 0 Å². The SMILES string of the molecule is O=C(CC1Sc2ccc(Cl)cc2NC1=O)NCc1ccc(C(=O)O)cc1. The largest absolute Gasteiger partial charge is 0.478 e. The van der Waals surface area contributed by atoms with E-state index in [-0.39, 0.29) is 30.3 Å². The third kappa shape index (κ3) is 4.36. The minimum Gasteiger partial charge on any atom is -0.478 e. The van der Waals surface area contributed by atoms with Gasteiger partial charge in [0.15, 0.2) is 0 Å². The van der Waals surface area contributed by atoms with Gasteiger partial charge in [-0.25, -0.2) is 4.79 Å². The first-order chi connectivity index (χ1) is 12.4. The Balaban J connectivity index is 1.55. The maximum Gasteiger partial charge on any atom is 0.335 e. The molecule has 0 saturated heterocycles. The molecule has 134 valence electrons. The number of benzene rings is 2. The topological polar surface area (TPSA) is 95.5 Å². The first kappa shape index (κ1) is 18.3. The van der Waals surface area contributed by atoms with E-state index < -0.39 is 11.2 Å². The van der Waals surface area contributed by atoms with Crippen molar-refractivity contribution in [3.63, 3.8) is 0 Å². The monoisotopic (exact) mass is 390 g/mol. The number of carbonyl (C=O) groups excluding carboxylic acids is 2. The van der Waals surface area contributed by atoms with Crippen molar-refractivity contribution >= 4 is 46.8 Å². The van der Waals surface area contributed by atoms with Crippen LogP contribution in [0.2, 0.25) is 5.02 Å². The Labute approximate surface area is 158 Å². The van der Waals surface area contributed by atoms with Crippen LogP contribution in [0.25, 0.3) is 0 Å². The van der Waals surface area contributed by atoms with Crippen LogP contribution in [-0.4, -0.2) is 28.1 Å². The summed E-state index contributed by atoms with van der Waals surface area (Å²) in [5.41, 5.74) is 1.63. The zero-order chi connectivity index (χ0) is 18.7. The number of amides is 2. The van der Waals surface area contributed by atoms with Crippen molar-refractivity contribution < 1.29 is 19.5 Å². The Kier molecular flexibility index (Phi) is 5.49. The number of thioether (sulfide) groups is 1. The molecule has 0 fully saturated rings. The molecule has 26 heavy (non-hydrogen) atoms. The van der Waals surface area contributed by atoms with E-state index in [1.54, 1.807) is 24.3 Å². The number of nitrogens with one attached hydrogen (secondary N) is 2. The van der Waals surface area contributed by atoms with Gasteiger partial charge in [0.05, 0.1) is 16.5 Å². The second kappa shape index (κ2) is 7.80. The molecule has 0 aromatic heterocycles. The fourth-order valence-electron chi connectivity index (χ4n) is 2.46. The average Bonchev–Trinajstić information content (AvgIpc) is 2.61. The van der Waals surface area contributed by atoms with Gasteiger partial charge in [-0.05, 0) is 35.9 Å². The number of fused-ring (bicyclic) bond motifs is 1. The summed E-state index contributed by atoms with van der Waals surface area (Å²) < 4.78 is 0. The molecule has 8 heteroatoms. The van der Waals surface area contributed by atoms with E-state index in [1.807, 2.05) is 6.07 Å². The predicted molar refractivity (Wildman–Crippen MR) is 99.6 cm³/mol. The third-order valence-electron chi connectivity index (χ3n) is 3.82. The van der Waals surface area contributed by atoms with Gasteiger partial charge >= 0.3 is 5.97 Å². The lowest BCUT2D eigenvalue weighted by Crippen LogP contribution is -2.34. The molecule has 2 amide bonds. The molecule has 2 aromatic rings. The van der Waals surface area contributed by atoms with Gasteiger partial charge in [0.2, 0.25) is 11.8 Å². The van der Waals surface area contributed by atoms with E-state index in [1.165, 1.54) is 23.9 Å². The fourth-order valence-corrected chi connectivity index (χ4v) is 3.73. The lowest BCUT2D eigenvalue weighted by Gasteiger charge is -2.23. The number of halogens is 1. The van der Waals surface area contributed by atoms with Crippen LogP contribution in [-0.2, 0) is 16.1 Å². The van der Waals surface area contributed by atoms with Crippen LogP contribution in [0.3, 0.4) is 0 Å². The van der Waals surface area contributed by atoms with E-state index in [4.69, 9.17) is 16.7 Å². The Hall–Kier alpha value is -2.51. The molecular weight excluding hydrogens is 376 g/mol. The molecule has 0 aliphatic carbocycles. The van der Waals surface area contributed by atoms with E-state index in [2.05, 4.69) is 10.6 Å². The van der Waals surface area contributed by atoms with Crippen molar-refractivity contribution in [2.24, 2.45) is 0 Å². The summed E-state index contributed by atoms with van der Waals surface area (Å²) in [6, 6.07) is 11.5. The van der Waals surface area contributed by atoms with Gasteiger partial charge in [-0.15, -0.1) is 11.8 Å². The van der Waals surface area contributed by atoms with Crippen LogP contribution >= 0.6 is 23.4 Å². The number of carboxylic acid groups (broad SMARTS) is 1. The zero-order valence-corrected chi connectivity index (χ0v) is 15.1. The molecule has 1 atom stereocenters. The predicted octanol–water partition coefficient (Wildman–Crippen LogP) is 3.16. The molecule has 2 aromatic carbocycles. The summed E-state index contributed by atoms with van der Waals surface area (Å²) >= 11 is 7.25. The van der Waals surface area contributed by atoms with Crippen LogP contribution < -0.4 is 10.6 Å². The van der Waals surface area contributed by atoms with Gasteiger partial charge in [0, 0.05) is 22.9 Å². The van der Waals surface area contributed by atoms with Crippen LogP contribution in [0, 0.1) is 0 Å². The molecule has 3 N–H and O–H groups in total. The summed E-state index contributed by atoms with van der Waals surface area (Å²) in [5, 5.41) is 14.4. The van der Waals surface area contributed by atoms with E-state index in [9.17, 15) is 14.4 Å². The highest BCUT2D eigenvalue weighted by atomic mass is 35.5. The van der Waals surface area contributed by atoms with E-state index >= 15 is 0 Å². The van der Waals surface area contributed by atoms with Crippen molar-refractivity contribution in [2.75, 3.05) is 5.32 Å². The highest BCUT2D eigenvalue weighted by Gasteiger charge is 2.29. The van der Waals surface area contributed by atoms with Crippen LogP contribution in [0.5, 0.6) is 0 Å². The lowest BCUT2D eigenvalue weighted by atomic mass is 10.1. The second-order valence-corrected chi connectivity index (χ2v) is 7.40. The number of carboxylic acids is 1. The molecule has 0 radical (unpaired) electrons. The first-order valence-electron chi connectivity index (χ1n) is 7.78. The van der Waals surface area contributed by atoms with Crippen molar-refractivity contribution in [1.82, 2.24) is 5.32 Å². The van der Waals surface area contributed by atoms with Gasteiger partial charge in [0.25, 0.3) is 0 Å². The number of anilines is 1. The Morgan fingerprint density at radius 1 is 1.19 bits per heavy atom. The van der Waals surface area contributed by atoms with Crippen molar-refractivity contribution in [1.29, 1.82) is 0 Å². The standard InChI is InChI=1S/C18H15ClN2O4S/c19-12-5-6-14-13(7-12)21-17(23)15(26-14)8-16(22)20-9-10-1-3-11(4-2-10)18(24)25/h1-7,15H,8-9H2,(H,20,22)(H,21,23)(H,24,25). The van der Waals surface area contributed by atoms with Gasteiger partial charge in [-0.3, -0.25) is 9.59 Å². The maximum atomic E-state index is 12.2. The van der Waals surface area contributed by atoms with Crippen LogP contribution in [0.1, 0.15) is 22.3 Å². The van der Waals surface area contributed by atoms with Crippen LogP contribution in [0.15, 0.2) is 47.4 Å². The number of carbonyl (C=O) groups is 3. The molecule has 3 rings (SSSR count). The number of aromatic carboxylic acids is 1. The summed E-state index contributed by atoms with van der Waals surface area (Å²) in [4.78, 5) is 36.0. The molecule has 0 spiro atoms. The molecule has 1 aliphatic heterocycles. The summed E-state index contributed by atoms with van der Waals surface area (Å²) in [6.45, 7) is 0.268. The molecule has 1 unspecified atom stereocenters. The minimum absolute atomic E-state index is 0.0474. The Bertz CT molecular complexity index is 870. The normalized spacial score (nSPS) is 15.7.